The largest absolute Gasteiger partial charge is 0.350 e. The number of aryl methyl sites for hydroxylation is 1. The van der Waals surface area contributed by atoms with Crippen molar-refractivity contribution < 1.29 is 4.79 Å². The fraction of sp³-hybridized carbons (Fsp3) is 0.160. The molecule has 5 heteroatoms. The molecule has 4 rings (SSSR count). The zero-order valence-corrected chi connectivity index (χ0v) is 19.2. The Morgan fingerprint density at radius 1 is 1.00 bits per heavy atom. The van der Waals surface area contributed by atoms with Crippen LogP contribution in [0.4, 0.5) is 0 Å². The van der Waals surface area contributed by atoms with Crippen molar-refractivity contribution in [1.82, 2.24) is 9.88 Å². The first-order valence-electron chi connectivity index (χ1n) is 9.91. The number of fused-ring (bicyclic) bond motifs is 1. The minimum atomic E-state index is -0.0191. The van der Waals surface area contributed by atoms with Crippen LogP contribution in [-0.4, -0.2) is 17.0 Å². The fourth-order valence-electron chi connectivity index (χ4n) is 3.47. The monoisotopic (exact) mass is 478 g/mol. The van der Waals surface area contributed by atoms with Crippen molar-refractivity contribution in [2.45, 2.75) is 24.1 Å². The number of nitrogens with one attached hydrogen (secondary N) is 1. The van der Waals surface area contributed by atoms with E-state index in [1.54, 1.807) is 0 Å². The van der Waals surface area contributed by atoms with E-state index in [1.807, 2.05) is 43.0 Å². The van der Waals surface area contributed by atoms with Gasteiger partial charge in [0.15, 0.2) is 0 Å². The summed E-state index contributed by atoms with van der Waals surface area (Å²) in [5.74, 6) is 0.903. The number of para-hydroxylation sites is 1. The van der Waals surface area contributed by atoms with Crippen LogP contribution < -0.4 is 5.32 Å². The van der Waals surface area contributed by atoms with Crippen molar-refractivity contribution in [2.75, 3.05) is 6.54 Å². The molecule has 1 heterocycles. The van der Waals surface area contributed by atoms with Gasteiger partial charge in [-0.1, -0.05) is 64.5 Å². The van der Waals surface area contributed by atoms with Crippen LogP contribution in [0.5, 0.6) is 0 Å². The van der Waals surface area contributed by atoms with E-state index in [9.17, 15) is 4.79 Å². The second-order valence-corrected chi connectivity index (χ2v) is 9.12. The molecule has 0 spiro atoms. The minimum Gasteiger partial charge on any atom is -0.350 e. The maximum Gasteiger partial charge on any atom is 0.251 e. The molecule has 0 radical (unpaired) electrons. The number of carbonyl (C=O) groups excluding carboxylic acids is 1. The molecule has 0 saturated heterocycles. The summed E-state index contributed by atoms with van der Waals surface area (Å²) < 4.78 is 3.33. The number of halogens is 1. The fourth-order valence-corrected chi connectivity index (χ4v) is 4.78. The van der Waals surface area contributed by atoms with E-state index in [0.29, 0.717) is 6.54 Å². The zero-order valence-electron chi connectivity index (χ0n) is 16.8. The lowest BCUT2D eigenvalue weighted by Gasteiger charge is -2.09. The van der Waals surface area contributed by atoms with E-state index < -0.39 is 0 Å². The molecule has 3 aromatic carbocycles. The van der Waals surface area contributed by atoms with Crippen molar-refractivity contribution >= 4 is 44.5 Å². The third-order valence-electron chi connectivity index (χ3n) is 5.09. The molecular formula is C25H23BrN2OS. The Hall–Kier alpha value is -2.50. The molecule has 1 amide bonds. The van der Waals surface area contributed by atoms with Crippen molar-refractivity contribution in [1.29, 1.82) is 0 Å². The highest BCUT2D eigenvalue weighted by Crippen LogP contribution is 2.32. The summed E-state index contributed by atoms with van der Waals surface area (Å²) in [5.41, 5.74) is 4.22. The van der Waals surface area contributed by atoms with Crippen LogP contribution in [0.15, 0.2) is 88.4 Å². The second kappa shape index (κ2) is 9.54. The normalized spacial score (nSPS) is 11.0. The van der Waals surface area contributed by atoms with E-state index in [0.717, 1.165) is 27.9 Å². The Kier molecular flexibility index (Phi) is 6.60. The first-order chi connectivity index (χ1) is 14.6. The van der Waals surface area contributed by atoms with Gasteiger partial charge in [0.05, 0.1) is 0 Å². The van der Waals surface area contributed by atoms with E-state index in [1.165, 1.54) is 21.4 Å². The van der Waals surface area contributed by atoms with Gasteiger partial charge in [-0.25, -0.2) is 0 Å². The molecule has 30 heavy (non-hydrogen) atoms. The lowest BCUT2D eigenvalue weighted by atomic mass is 10.1. The Morgan fingerprint density at radius 2 is 1.73 bits per heavy atom. The van der Waals surface area contributed by atoms with E-state index >= 15 is 0 Å². The SMILES string of the molecule is Cc1ccccc1C(=O)NCCn1cc(SCc2ccc(Br)cc2)c2ccccc21. The predicted molar refractivity (Wildman–Crippen MR) is 129 cm³/mol. The van der Waals surface area contributed by atoms with E-state index in [-0.39, 0.29) is 5.91 Å². The Morgan fingerprint density at radius 3 is 2.53 bits per heavy atom. The van der Waals surface area contributed by atoms with Gasteiger partial charge in [-0.3, -0.25) is 4.79 Å². The quantitative estimate of drug-likeness (QED) is 0.310. The first kappa shape index (κ1) is 20.8. The van der Waals surface area contributed by atoms with Crippen LogP contribution in [0.1, 0.15) is 21.5 Å². The van der Waals surface area contributed by atoms with Crippen LogP contribution in [0.3, 0.4) is 0 Å². The van der Waals surface area contributed by atoms with Crippen LogP contribution in [0.2, 0.25) is 0 Å². The molecule has 0 unspecified atom stereocenters. The number of nitrogens with zero attached hydrogens (tertiary/aromatic N) is 1. The first-order valence-corrected chi connectivity index (χ1v) is 11.7. The highest BCUT2D eigenvalue weighted by atomic mass is 79.9. The molecular weight excluding hydrogens is 456 g/mol. The van der Waals surface area contributed by atoms with Gasteiger partial charge in [0, 0.05) is 50.9 Å². The lowest BCUT2D eigenvalue weighted by molar-refractivity contribution is 0.0952. The van der Waals surface area contributed by atoms with Gasteiger partial charge in [-0.15, -0.1) is 11.8 Å². The molecule has 0 aliphatic heterocycles. The van der Waals surface area contributed by atoms with Crippen molar-refractivity contribution in [3.05, 3.63) is 100 Å². The molecule has 0 atom stereocenters. The Labute approximate surface area is 189 Å². The third kappa shape index (κ3) is 4.79. The molecule has 4 aromatic rings. The smallest absolute Gasteiger partial charge is 0.251 e. The summed E-state index contributed by atoms with van der Waals surface area (Å²) in [7, 11) is 0. The highest BCUT2D eigenvalue weighted by molar-refractivity contribution is 9.10. The molecule has 0 aliphatic rings. The van der Waals surface area contributed by atoms with Gasteiger partial charge in [0.2, 0.25) is 0 Å². The van der Waals surface area contributed by atoms with Crippen LogP contribution >= 0.6 is 27.7 Å². The van der Waals surface area contributed by atoms with Crippen molar-refractivity contribution in [3.8, 4) is 0 Å². The van der Waals surface area contributed by atoms with Gasteiger partial charge in [0.1, 0.15) is 0 Å². The van der Waals surface area contributed by atoms with Crippen molar-refractivity contribution in [3.63, 3.8) is 0 Å². The summed E-state index contributed by atoms with van der Waals surface area (Å²) in [4.78, 5) is 13.7. The highest BCUT2D eigenvalue weighted by Gasteiger charge is 2.11. The average Bonchev–Trinajstić information content (AvgIpc) is 3.11. The lowest BCUT2D eigenvalue weighted by Crippen LogP contribution is -2.27. The van der Waals surface area contributed by atoms with Gasteiger partial charge in [-0.05, 0) is 42.3 Å². The summed E-state index contributed by atoms with van der Waals surface area (Å²) in [6.45, 7) is 3.28. The number of aromatic nitrogens is 1. The average molecular weight is 479 g/mol. The molecule has 152 valence electrons. The number of thioether (sulfide) groups is 1. The van der Waals surface area contributed by atoms with Gasteiger partial charge >= 0.3 is 0 Å². The maximum absolute atomic E-state index is 12.5. The molecule has 1 aromatic heterocycles. The van der Waals surface area contributed by atoms with Crippen LogP contribution in [-0.2, 0) is 12.3 Å². The predicted octanol–water partition coefficient (Wildman–Crippen LogP) is 6.43. The maximum atomic E-state index is 12.5. The summed E-state index contributed by atoms with van der Waals surface area (Å²) in [6, 6.07) is 24.6. The van der Waals surface area contributed by atoms with Gasteiger partial charge in [-0.2, -0.15) is 0 Å². The minimum absolute atomic E-state index is 0.0191. The molecule has 0 fully saturated rings. The Bertz CT molecular complexity index is 1170. The number of rotatable bonds is 7. The number of benzene rings is 3. The topological polar surface area (TPSA) is 34.0 Å². The number of hydrogen-bond donors (Lipinski definition) is 1. The summed E-state index contributed by atoms with van der Waals surface area (Å²) in [6.07, 6.45) is 2.20. The second-order valence-electron chi connectivity index (χ2n) is 7.19. The Balaban J connectivity index is 1.44. The van der Waals surface area contributed by atoms with Crippen molar-refractivity contribution in [2.24, 2.45) is 0 Å². The molecule has 3 nitrogen and oxygen atoms in total. The molecule has 0 aliphatic carbocycles. The zero-order chi connectivity index (χ0) is 20.9. The number of amides is 1. The summed E-state index contributed by atoms with van der Waals surface area (Å²) in [5, 5.41) is 4.31. The number of carbonyl (C=O) groups is 1. The molecule has 0 bridgehead atoms. The third-order valence-corrected chi connectivity index (χ3v) is 6.73. The van der Waals surface area contributed by atoms with Crippen LogP contribution in [0.25, 0.3) is 10.9 Å². The van der Waals surface area contributed by atoms with Gasteiger partial charge in [0.25, 0.3) is 5.91 Å². The van der Waals surface area contributed by atoms with Crippen LogP contribution in [0, 0.1) is 6.92 Å². The molecule has 0 saturated carbocycles. The standard InChI is InChI=1S/C25H23BrN2OS/c1-18-6-2-3-7-21(18)25(29)27-14-15-28-16-24(22-8-4-5-9-23(22)28)30-17-19-10-12-20(26)13-11-19/h2-13,16H,14-15,17H2,1H3,(H,27,29). The summed E-state index contributed by atoms with van der Waals surface area (Å²) >= 11 is 5.34. The molecule has 1 N–H and O–H groups in total. The van der Waals surface area contributed by atoms with Gasteiger partial charge < -0.3 is 9.88 Å². The van der Waals surface area contributed by atoms with E-state index in [2.05, 4.69) is 80.5 Å². The van der Waals surface area contributed by atoms with E-state index in [4.69, 9.17) is 0 Å². The number of hydrogen-bond acceptors (Lipinski definition) is 2.